The fourth-order valence-corrected chi connectivity index (χ4v) is 1.84. The van der Waals surface area contributed by atoms with Gasteiger partial charge in [0.1, 0.15) is 23.1 Å². The summed E-state index contributed by atoms with van der Waals surface area (Å²) in [6, 6.07) is 8.75. The summed E-state index contributed by atoms with van der Waals surface area (Å²) in [5.74, 6) is 0.113. The first-order chi connectivity index (χ1) is 9.63. The van der Waals surface area contributed by atoms with Crippen LogP contribution >= 0.6 is 0 Å². The Labute approximate surface area is 116 Å². The van der Waals surface area contributed by atoms with Crippen molar-refractivity contribution < 1.29 is 18.3 Å². The topological polar surface area (TPSA) is 30.5 Å². The largest absolute Gasteiger partial charge is 0.497 e. The van der Waals surface area contributed by atoms with Crippen LogP contribution in [-0.4, -0.2) is 14.2 Å². The summed E-state index contributed by atoms with van der Waals surface area (Å²) < 4.78 is 36.7. The maximum atomic E-state index is 13.5. The maximum absolute atomic E-state index is 13.5. The Kier molecular flexibility index (Phi) is 4.40. The molecule has 0 amide bonds. The molecule has 2 aromatic carbocycles. The van der Waals surface area contributed by atoms with Gasteiger partial charge in [-0.15, -0.1) is 0 Å². The minimum absolute atomic E-state index is 0.233. The van der Waals surface area contributed by atoms with Gasteiger partial charge in [0.25, 0.3) is 0 Å². The van der Waals surface area contributed by atoms with Crippen LogP contribution in [0.4, 0.5) is 14.5 Å². The molecular weight excluding hydrogens is 264 g/mol. The highest BCUT2D eigenvalue weighted by molar-refractivity contribution is 5.48. The van der Waals surface area contributed by atoms with Crippen LogP contribution in [0.3, 0.4) is 0 Å². The highest BCUT2D eigenvalue weighted by Gasteiger charge is 2.07. The number of benzene rings is 2. The number of rotatable bonds is 5. The van der Waals surface area contributed by atoms with Crippen LogP contribution < -0.4 is 14.8 Å². The Morgan fingerprint density at radius 3 is 2.45 bits per heavy atom. The Morgan fingerprint density at radius 1 is 1.00 bits per heavy atom. The van der Waals surface area contributed by atoms with Gasteiger partial charge in [0, 0.05) is 18.2 Å². The van der Waals surface area contributed by atoms with Gasteiger partial charge in [0.2, 0.25) is 0 Å². The lowest BCUT2D eigenvalue weighted by molar-refractivity contribution is 0.399. The molecule has 0 bridgehead atoms. The van der Waals surface area contributed by atoms with Crippen molar-refractivity contribution in [1.82, 2.24) is 0 Å². The quantitative estimate of drug-likeness (QED) is 0.907. The molecule has 5 heteroatoms. The van der Waals surface area contributed by atoms with Crippen molar-refractivity contribution in [2.45, 2.75) is 6.54 Å². The molecule has 20 heavy (non-hydrogen) atoms. The van der Waals surface area contributed by atoms with Gasteiger partial charge in [-0.25, -0.2) is 8.78 Å². The first kappa shape index (κ1) is 14.1. The molecule has 106 valence electrons. The average Bonchev–Trinajstić information content (AvgIpc) is 2.46. The zero-order valence-corrected chi connectivity index (χ0v) is 11.2. The molecule has 0 aliphatic carbocycles. The zero-order chi connectivity index (χ0) is 14.5. The molecule has 0 heterocycles. The van der Waals surface area contributed by atoms with Crippen LogP contribution in [0.15, 0.2) is 36.4 Å². The Bertz CT molecular complexity index is 602. The summed E-state index contributed by atoms with van der Waals surface area (Å²) in [6.45, 7) is 0.336. The van der Waals surface area contributed by atoms with Gasteiger partial charge in [0.05, 0.1) is 19.9 Å². The van der Waals surface area contributed by atoms with E-state index in [-0.39, 0.29) is 5.69 Å². The highest BCUT2D eigenvalue weighted by Crippen LogP contribution is 2.25. The van der Waals surface area contributed by atoms with Crippen LogP contribution in [0.2, 0.25) is 0 Å². The van der Waals surface area contributed by atoms with E-state index >= 15 is 0 Å². The molecular formula is C15H15F2NO2. The minimum Gasteiger partial charge on any atom is -0.497 e. The fraction of sp³-hybridized carbons (Fsp3) is 0.200. The summed E-state index contributed by atoms with van der Waals surface area (Å²) in [5.41, 5.74) is 1.05. The smallest absolute Gasteiger partial charge is 0.149 e. The molecule has 2 aromatic rings. The summed E-state index contributed by atoms with van der Waals surface area (Å²) in [7, 11) is 3.13. The lowest BCUT2D eigenvalue weighted by atomic mass is 10.1. The first-order valence-electron chi connectivity index (χ1n) is 6.04. The summed E-state index contributed by atoms with van der Waals surface area (Å²) in [6.07, 6.45) is 0. The molecule has 0 saturated heterocycles. The second-order valence-corrected chi connectivity index (χ2v) is 4.16. The molecule has 0 radical (unpaired) electrons. The molecule has 0 spiro atoms. The lowest BCUT2D eigenvalue weighted by Gasteiger charge is -2.12. The Hall–Kier alpha value is -2.30. The maximum Gasteiger partial charge on any atom is 0.149 e. The van der Waals surface area contributed by atoms with E-state index in [1.54, 1.807) is 32.4 Å². The third kappa shape index (κ3) is 3.17. The lowest BCUT2D eigenvalue weighted by Crippen LogP contribution is -2.04. The van der Waals surface area contributed by atoms with E-state index in [9.17, 15) is 8.78 Å². The van der Waals surface area contributed by atoms with E-state index in [0.29, 0.717) is 18.0 Å². The number of nitrogens with one attached hydrogen (secondary N) is 1. The van der Waals surface area contributed by atoms with Gasteiger partial charge in [-0.05, 0) is 30.3 Å². The third-order valence-corrected chi connectivity index (χ3v) is 2.89. The van der Waals surface area contributed by atoms with E-state index < -0.39 is 11.6 Å². The normalized spacial score (nSPS) is 10.2. The van der Waals surface area contributed by atoms with Gasteiger partial charge >= 0.3 is 0 Å². The number of anilines is 1. The molecule has 0 aliphatic rings. The number of hydrogen-bond donors (Lipinski definition) is 1. The summed E-state index contributed by atoms with van der Waals surface area (Å²) in [4.78, 5) is 0. The number of methoxy groups -OCH3 is 2. The van der Waals surface area contributed by atoms with Crippen molar-refractivity contribution >= 4 is 5.69 Å². The van der Waals surface area contributed by atoms with Crippen molar-refractivity contribution in [3.05, 3.63) is 53.6 Å². The van der Waals surface area contributed by atoms with Crippen molar-refractivity contribution in [3.8, 4) is 11.5 Å². The number of ether oxygens (including phenoxy) is 2. The van der Waals surface area contributed by atoms with Gasteiger partial charge in [0.15, 0.2) is 0 Å². The standard InChI is InChI=1S/C15H15F2NO2/c1-19-12-4-6-15(20-2)10(7-12)9-18-14-5-3-11(16)8-13(14)17/h3-8,18H,9H2,1-2H3. The highest BCUT2D eigenvalue weighted by atomic mass is 19.1. The van der Waals surface area contributed by atoms with Crippen molar-refractivity contribution in [2.75, 3.05) is 19.5 Å². The molecule has 0 aliphatic heterocycles. The second-order valence-electron chi connectivity index (χ2n) is 4.16. The molecule has 0 fully saturated rings. The van der Waals surface area contributed by atoms with Crippen LogP contribution in [-0.2, 0) is 6.54 Å². The van der Waals surface area contributed by atoms with Crippen LogP contribution in [0.25, 0.3) is 0 Å². The molecule has 2 rings (SSSR count). The molecule has 0 saturated carbocycles. The van der Waals surface area contributed by atoms with Crippen LogP contribution in [0, 0.1) is 11.6 Å². The van der Waals surface area contributed by atoms with E-state index in [1.165, 1.54) is 12.1 Å². The fourth-order valence-electron chi connectivity index (χ4n) is 1.84. The van der Waals surface area contributed by atoms with E-state index in [0.717, 1.165) is 11.6 Å². The Balaban J connectivity index is 2.17. The molecule has 3 nitrogen and oxygen atoms in total. The van der Waals surface area contributed by atoms with E-state index in [2.05, 4.69) is 5.32 Å². The monoisotopic (exact) mass is 279 g/mol. The van der Waals surface area contributed by atoms with Gasteiger partial charge in [-0.1, -0.05) is 0 Å². The van der Waals surface area contributed by atoms with Gasteiger partial charge < -0.3 is 14.8 Å². The van der Waals surface area contributed by atoms with Crippen LogP contribution in [0.5, 0.6) is 11.5 Å². The molecule has 0 atom stereocenters. The summed E-state index contributed by atoms with van der Waals surface area (Å²) in [5, 5.41) is 2.91. The minimum atomic E-state index is -0.633. The van der Waals surface area contributed by atoms with Crippen LogP contribution in [0.1, 0.15) is 5.56 Å². The zero-order valence-electron chi connectivity index (χ0n) is 11.2. The van der Waals surface area contributed by atoms with Crippen molar-refractivity contribution in [3.63, 3.8) is 0 Å². The number of halogens is 2. The van der Waals surface area contributed by atoms with Crippen molar-refractivity contribution in [1.29, 1.82) is 0 Å². The molecule has 0 unspecified atom stereocenters. The average molecular weight is 279 g/mol. The first-order valence-corrected chi connectivity index (χ1v) is 6.04. The van der Waals surface area contributed by atoms with E-state index in [1.807, 2.05) is 0 Å². The third-order valence-electron chi connectivity index (χ3n) is 2.89. The predicted octanol–water partition coefficient (Wildman–Crippen LogP) is 3.59. The molecule has 1 N–H and O–H groups in total. The summed E-state index contributed by atoms with van der Waals surface area (Å²) >= 11 is 0. The van der Waals surface area contributed by atoms with E-state index in [4.69, 9.17) is 9.47 Å². The Morgan fingerprint density at radius 2 is 1.80 bits per heavy atom. The van der Waals surface area contributed by atoms with Gasteiger partial charge in [-0.3, -0.25) is 0 Å². The van der Waals surface area contributed by atoms with Crippen molar-refractivity contribution in [2.24, 2.45) is 0 Å². The number of hydrogen-bond acceptors (Lipinski definition) is 3. The second kappa shape index (κ2) is 6.23. The predicted molar refractivity (Wildman–Crippen MR) is 73.2 cm³/mol. The SMILES string of the molecule is COc1ccc(OC)c(CNc2ccc(F)cc2F)c1. The van der Waals surface area contributed by atoms with Gasteiger partial charge in [-0.2, -0.15) is 0 Å². The molecule has 0 aromatic heterocycles.